The first-order valence-corrected chi connectivity index (χ1v) is 12.3. The number of rotatable bonds is 10. The molecular formula is C27H37N3O3. The summed E-state index contributed by atoms with van der Waals surface area (Å²) in [6.45, 7) is 6.91. The van der Waals surface area contributed by atoms with Crippen molar-refractivity contribution in [3.05, 3.63) is 70.3 Å². The molecule has 3 N–H and O–H groups in total. The Morgan fingerprint density at radius 3 is 2.58 bits per heavy atom. The van der Waals surface area contributed by atoms with Crippen LogP contribution >= 0.6 is 0 Å². The summed E-state index contributed by atoms with van der Waals surface area (Å²) >= 11 is 0. The van der Waals surface area contributed by atoms with E-state index in [0.29, 0.717) is 19.6 Å². The molecule has 2 aliphatic rings. The molecule has 0 saturated carbocycles. The van der Waals surface area contributed by atoms with Crippen LogP contribution in [0, 0.1) is 0 Å². The van der Waals surface area contributed by atoms with Crippen LogP contribution in [0.2, 0.25) is 0 Å². The Morgan fingerprint density at radius 1 is 0.970 bits per heavy atom. The Bertz CT molecular complexity index is 948. The van der Waals surface area contributed by atoms with E-state index in [1.165, 1.54) is 11.1 Å². The Hall–Kier alpha value is -2.25. The van der Waals surface area contributed by atoms with Crippen LogP contribution in [0.5, 0.6) is 0 Å². The summed E-state index contributed by atoms with van der Waals surface area (Å²) in [5.74, 6) is 0.0184. The molecule has 2 heterocycles. The van der Waals surface area contributed by atoms with Gasteiger partial charge in [0.05, 0.1) is 12.2 Å². The van der Waals surface area contributed by atoms with Crippen LogP contribution in [-0.2, 0) is 25.9 Å². The number of β-amino-alcohol motifs (C(OH)–C–C–N with tert-alkyl or cyclic N) is 1. The van der Waals surface area contributed by atoms with E-state index in [0.717, 1.165) is 68.6 Å². The third-order valence-electron chi connectivity index (χ3n) is 6.90. The van der Waals surface area contributed by atoms with Crippen LogP contribution in [-0.4, -0.2) is 70.9 Å². The third-order valence-corrected chi connectivity index (χ3v) is 6.90. The fourth-order valence-corrected chi connectivity index (χ4v) is 4.90. The summed E-state index contributed by atoms with van der Waals surface area (Å²) in [4.78, 5) is 17.1. The molecule has 6 heteroatoms. The van der Waals surface area contributed by atoms with Gasteiger partial charge in [-0.1, -0.05) is 43.3 Å². The van der Waals surface area contributed by atoms with E-state index in [-0.39, 0.29) is 12.0 Å². The van der Waals surface area contributed by atoms with E-state index in [1.807, 2.05) is 19.1 Å². The van der Waals surface area contributed by atoms with Gasteiger partial charge in [-0.2, -0.15) is 0 Å². The molecule has 2 aromatic carbocycles. The molecule has 33 heavy (non-hydrogen) atoms. The van der Waals surface area contributed by atoms with Crippen LogP contribution < -0.4 is 5.32 Å². The van der Waals surface area contributed by atoms with Crippen molar-refractivity contribution in [3.63, 3.8) is 0 Å². The van der Waals surface area contributed by atoms with Crippen LogP contribution in [0.4, 0.5) is 0 Å². The highest BCUT2D eigenvalue weighted by molar-refractivity contribution is 5.96. The summed E-state index contributed by atoms with van der Waals surface area (Å²) in [5, 5.41) is 23.8. The summed E-state index contributed by atoms with van der Waals surface area (Å²) in [6, 6.07) is 14.6. The molecule has 0 bridgehead atoms. The maximum atomic E-state index is 13.0. The van der Waals surface area contributed by atoms with Crippen molar-refractivity contribution < 1.29 is 15.0 Å². The summed E-state index contributed by atoms with van der Waals surface area (Å²) < 4.78 is 0. The lowest BCUT2D eigenvalue weighted by molar-refractivity contribution is 0.0492. The van der Waals surface area contributed by atoms with E-state index in [9.17, 15) is 15.0 Å². The SMILES string of the molecule is CCC(O)CCNCc1ccc2c(c1)CCN(CC(O)CN1CCc3ccccc3C1)C2=O. The zero-order valence-electron chi connectivity index (χ0n) is 19.7. The van der Waals surface area contributed by atoms with Crippen LogP contribution in [0.25, 0.3) is 0 Å². The molecule has 0 radical (unpaired) electrons. The first kappa shape index (κ1) is 23.9. The van der Waals surface area contributed by atoms with Crippen LogP contribution in [0.3, 0.4) is 0 Å². The van der Waals surface area contributed by atoms with Gasteiger partial charge >= 0.3 is 0 Å². The van der Waals surface area contributed by atoms with Crippen LogP contribution in [0.1, 0.15) is 52.4 Å². The Kier molecular flexibility index (Phi) is 8.15. The molecule has 0 aliphatic carbocycles. The van der Waals surface area contributed by atoms with E-state index < -0.39 is 6.10 Å². The number of aliphatic hydroxyl groups is 2. The number of hydrogen-bond donors (Lipinski definition) is 3. The second-order valence-corrected chi connectivity index (χ2v) is 9.43. The molecule has 2 atom stereocenters. The van der Waals surface area contributed by atoms with Gasteiger partial charge < -0.3 is 20.4 Å². The maximum absolute atomic E-state index is 13.0. The van der Waals surface area contributed by atoms with E-state index in [4.69, 9.17) is 0 Å². The average Bonchev–Trinajstić information content (AvgIpc) is 2.83. The molecule has 4 rings (SSSR count). The fraction of sp³-hybridized carbons (Fsp3) is 0.519. The number of fused-ring (bicyclic) bond motifs is 2. The second-order valence-electron chi connectivity index (χ2n) is 9.43. The Balaban J connectivity index is 1.27. The highest BCUT2D eigenvalue weighted by Gasteiger charge is 2.27. The standard InChI is InChI=1S/C27H37N3O3/c1-2-24(31)9-12-28-16-20-7-8-26-22(15-20)11-14-30(27(26)33)19-25(32)18-29-13-10-21-5-3-4-6-23(21)17-29/h3-8,15,24-25,28,31-32H,2,9-14,16-19H2,1H3. The van der Waals surface area contributed by atoms with Gasteiger partial charge in [-0.25, -0.2) is 0 Å². The minimum atomic E-state index is -0.553. The molecule has 0 aromatic heterocycles. The zero-order chi connectivity index (χ0) is 23.2. The van der Waals surface area contributed by atoms with Gasteiger partial charge in [0.15, 0.2) is 0 Å². The Labute approximate surface area is 197 Å². The molecule has 2 unspecified atom stereocenters. The zero-order valence-corrected chi connectivity index (χ0v) is 19.7. The van der Waals surface area contributed by atoms with E-state index in [1.54, 1.807) is 4.90 Å². The molecule has 0 saturated heterocycles. The molecule has 0 fully saturated rings. The Morgan fingerprint density at radius 2 is 1.76 bits per heavy atom. The normalized spacial score (nSPS) is 18.0. The number of nitrogens with one attached hydrogen (secondary N) is 1. The summed E-state index contributed by atoms with van der Waals surface area (Å²) in [6.07, 6.45) is 2.55. The number of aliphatic hydroxyl groups excluding tert-OH is 2. The third kappa shape index (κ3) is 6.21. The number of hydrogen-bond acceptors (Lipinski definition) is 5. The van der Waals surface area contributed by atoms with Crippen molar-refractivity contribution >= 4 is 5.91 Å². The predicted molar refractivity (Wildman–Crippen MR) is 130 cm³/mol. The lowest BCUT2D eigenvalue weighted by Crippen LogP contribution is -2.46. The highest BCUT2D eigenvalue weighted by Crippen LogP contribution is 2.22. The van der Waals surface area contributed by atoms with Gasteiger partial charge in [0.25, 0.3) is 5.91 Å². The topological polar surface area (TPSA) is 76.0 Å². The van der Waals surface area contributed by atoms with Gasteiger partial charge in [0, 0.05) is 44.8 Å². The quantitative estimate of drug-likeness (QED) is 0.484. The monoisotopic (exact) mass is 451 g/mol. The summed E-state index contributed by atoms with van der Waals surface area (Å²) in [7, 11) is 0. The van der Waals surface area contributed by atoms with E-state index >= 15 is 0 Å². The molecule has 0 spiro atoms. The predicted octanol–water partition coefficient (Wildman–Crippen LogP) is 2.35. The smallest absolute Gasteiger partial charge is 0.254 e. The molecule has 2 aromatic rings. The fourth-order valence-electron chi connectivity index (χ4n) is 4.90. The number of nitrogens with zero attached hydrogens (tertiary/aromatic N) is 2. The van der Waals surface area contributed by atoms with Crippen molar-refractivity contribution in [1.29, 1.82) is 0 Å². The first-order chi connectivity index (χ1) is 16.0. The van der Waals surface area contributed by atoms with Gasteiger partial charge in [-0.3, -0.25) is 9.69 Å². The van der Waals surface area contributed by atoms with Crippen molar-refractivity contribution in [1.82, 2.24) is 15.1 Å². The molecular weight excluding hydrogens is 414 g/mol. The molecule has 6 nitrogen and oxygen atoms in total. The van der Waals surface area contributed by atoms with Crippen molar-refractivity contribution in [2.45, 2.75) is 57.9 Å². The van der Waals surface area contributed by atoms with E-state index in [2.05, 4.69) is 40.5 Å². The largest absolute Gasteiger partial charge is 0.393 e. The minimum absolute atomic E-state index is 0.0184. The first-order valence-electron chi connectivity index (χ1n) is 12.3. The van der Waals surface area contributed by atoms with Crippen LogP contribution in [0.15, 0.2) is 42.5 Å². The van der Waals surface area contributed by atoms with Gasteiger partial charge in [-0.15, -0.1) is 0 Å². The van der Waals surface area contributed by atoms with Crippen molar-refractivity contribution in [2.24, 2.45) is 0 Å². The molecule has 2 aliphatic heterocycles. The molecule has 178 valence electrons. The van der Waals surface area contributed by atoms with Gasteiger partial charge in [0.1, 0.15) is 0 Å². The average molecular weight is 452 g/mol. The maximum Gasteiger partial charge on any atom is 0.254 e. The van der Waals surface area contributed by atoms with Crippen molar-refractivity contribution in [2.75, 3.05) is 32.7 Å². The van der Waals surface area contributed by atoms with Gasteiger partial charge in [0.2, 0.25) is 0 Å². The van der Waals surface area contributed by atoms with Gasteiger partial charge in [-0.05, 0) is 60.5 Å². The molecule has 1 amide bonds. The lowest BCUT2D eigenvalue weighted by atomic mass is 9.96. The lowest BCUT2D eigenvalue weighted by Gasteiger charge is -2.34. The number of benzene rings is 2. The highest BCUT2D eigenvalue weighted by atomic mass is 16.3. The number of carbonyl (C=O) groups is 1. The van der Waals surface area contributed by atoms with Crippen molar-refractivity contribution in [3.8, 4) is 0 Å². The minimum Gasteiger partial charge on any atom is -0.393 e. The number of carbonyl (C=O) groups excluding carboxylic acids is 1. The second kappa shape index (κ2) is 11.3. The number of amides is 1. The summed E-state index contributed by atoms with van der Waals surface area (Å²) in [5.41, 5.74) is 5.74.